The molecule has 0 aromatic heterocycles. The van der Waals surface area contributed by atoms with E-state index in [-0.39, 0.29) is 0 Å². The van der Waals surface area contributed by atoms with Gasteiger partial charge >= 0.3 is 0 Å². The molecule has 14 heavy (non-hydrogen) atoms. The lowest BCUT2D eigenvalue weighted by atomic mass is 10.1. The van der Waals surface area contributed by atoms with E-state index in [2.05, 4.69) is 17.1 Å². The van der Waals surface area contributed by atoms with Crippen LogP contribution in [0.25, 0.3) is 0 Å². The molecule has 2 heteroatoms. The molecule has 1 aliphatic carbocycles. The van der Waals surface area contributed by atoms with Crippen molar-refractivity contribution in [1.29, 1.82) is 0 Å². The molecule has 3 rings (SSSR count). The Hall–Kier alpha value is -1.83. The third-order valence-electron chi connectivity index (χ3n) is 2.26. The van der Waals surface area contributed by atoms with Gasteiger partial charge in [-0.05, 0) is 24.3 Å². The van der Waals surface area contributed by atoms with E-state index in [0.29, 0.717) is 0 Å². The monoisotopic (exact) mass is 182 g/mol. The molecule has 1 aliphatic heterocycles. The lowest BCUT2D eigenvalue weighted by Gasteiger charge is -2.19. The van der Waals surface area contributed by atoms with E-state index in [0.717, 1.165) is 29.3 Å². The van der Waals surface area contributed by atoms with Gasteiger partial charge in [0.15, 0.2) is 5.75 Å². The van der Waals surface area contributed by atoms with Gasteiger partial charge in [-0.1, -0.05) is 18.2 Å². The molecule has 1 aromatic rings. The van der Waals surface area contributed by atoms with Crippen LogP contribution in [0.2, 0.25) is 0 Å². The molecule has 0 bridgehead atoms. The third kappa shape index (κ3) is 1.08. The van der Waals surface area contributed by atoms with Gasteiger partial charge in [-0.3, -0.25) is 0 Å². The second kappa shape index (κ2) is 2.84. The van der Waals surface area contributed by atoms with E-state index in [1.54, 1.807) is 0 Å². The van der Waals surface area contributed by atoms with Crippen molar-refractivity contribution in [3.8, 4) is 5.75 Å². The predicted molar refractivity (Wildman–Crippen MR) is 54.8 cm³/mol. The van der Waals surface area contributed by atoms with Gasteiger partial charge in [-0.2, -0.15) is 0 Å². The van der Waals surface area contributed by atoms with Gasteiger partial charge in [-0.15, -0.1) is 0 Å². The fourth-order valence-electron chi connectivity index (χ4n) is 1.57. The summed E-state index contributed by atoms with van der Waals surface area (Å²) in [7, 11) is 0. The molecule has 0 unspecified atom stereocenters. The zero-order valence-corrected chi connectivity index (χ0v) is 7.53. The van der Waals surface area contributed by atoms with Gasteiger partial charge < -0.3 is 4.74 Å². The first-order chi connectivity index (χ1) is 6.93. The number of allylic oxidation sites excluding steroid dienone is 4. The van der Waals surface area contributed by atoms with E-state index in [9.17, 15) is 0 Å². The van der Waals surface area contributed by atoms with Crippen molar-refractivity contribution in [2.24, 2.45) is 4.99 Å². The lowest BCUT2D eigenvalue weighted by Crippen LogP contribution is -2.13. The van der Waals surface area contributed by atoms with Crippen LogP contribution in [0.1, 0.15) is 6.42 Å². The van der Waals surface area contributed by atoms with Gasteiger partial charge in [0.2, 0.25) is 0 Å². The summed E-state index contributed by atoms with van der Waals surface area (Å²) < 4.78 is 5.69. The van der Waals surface area contributed by atoms with Crippen molar-refractivity contribution >= 4 is 11.4 Å². The molecule has 1 radical (unpaired) electrons. The molecular formula is C12H8NO. The lowest BCUT2D eigenvalue weighted by molar-refractivity contribution is 0.448. The highest BCUT2D eigenvalue weighted by molar-refractivity contribution is 6.04. The van der Waals surface area contributed by atoms with Crippen LogP contribution >= 0.6 is 0 Å². The van der Waals surface area contributed by atoms with Crippen molar-refractivity contribution in [2.75, 3.05) is 0 Å². The quantitative estimate of drug-likeness (QED) is 0.604. The average molecular weight is 182 g/mol. The minimum absolute atomic E-state index is 0.814. The zero-order chi connectivity index (χ0) is 9.38. The highest BCUT2D eigenvalue weighted by Crippen LogP contribution is 2.34. The largest absolute Gasteiger partial charge is 0.453 e. The Morgan fingerprint density at radius 2 is 2.43 bits per heavy atom. The van der Waals surface area contributed by atoms with Crippen LogP contribution in [-0.2, 0) is 0 Å². The summed E-state index contributed by atoms with van der Waals surface area (Å²) in [5, 5.41) is 0. The molecule has 0 amide bonds. The van der Waals surface area contributed by atoms with Gasteiger partial charge in [0, 0.05) is 6.42 Å². The summed E-state index contributed by atoms with van der Waals surface area (Å²) in [5.41, 5.74) is 1.87. The Morgan fingerprint density at radius 1 is 1.43 bits per heavy atom. The van der Waals surface area contributed by atoms with Gasteiger partial charge in [0.1, 0.15) is 11.4 Å². The summed E-state index contributed by atoms with van der Waals surface area (Å²) in [6, 6.07) is 8.55. The molecule has 0 N–H and O–H groups in total. The van der Waals surface area contributed by atoms with Crippen molar-refractivity contribution in [1.82, 2.24) is 0 Å². The molecule has 0 saturated heterocycles. The van der Waals surface area contributed by atoms with Gasteiger partial charge in [0.05, 0.1) is 5.71 Å². The second-order valence-corrected chi connectivity index (χ2v) is 3.22. The molecule has 2 aliphatic rings. The minimum Gasteiger partial charge on any atom is -0.453 e. The van der Waals surface area contributed by atoms with Gasteiger partial charge in [0.25, 0.3) is 0 Å². The fraction of sp³-hybridized carbons (Fsp3) is 0.0833. The maximum Gasteiger partial charge on any atom is 0.153 e. The number of rotatable bonds is 0. The molecule has 0 fully saturated rings. The topological polar surface area (TPSA) is 21.6 Å². The molecule has 0 atom stereocenters. The Balaban J connectivity index is 2.15. The molecule has 1 aromatic carbocycles. The summed E-state index contributed by atoms with van der Waals surface area (Å²) in [4.78, 5) is 4.51. The van der Waals surface area contributed by atoms with Crippen LogP contribution in [-0.4, -0.2) is 5.71 Å². The van der Waals surface area contributed by atoms with Crippen LogP contribution in [0.4, 0.5) is 5.69 Å². The molecule has 0 saturated carbocycles. The Labute approximate surface area is 82.2 Å². The predicted octanol–water partition coefficient (Wildman–Crippen LogP) is 2.80. The number of fused-ring (bicyclic) bond motifs is 2. The smallest absolute Gasteiger partial charge is 0.153 e. The first-order valence-electron chi connectivity index (χ1n) is 4.56. The van der Waals surface area contributed by atoms with Gasteiger partial charge in [-0.25, -0.2) is 4.99 Å². The average Bonchev–Trinajstić information content (AvgIpc) is 2.26. The second-order valence-electron chi connectivity index (χ2n) is 3.22. The van der Waals surface area contributed by atoms with Crippen LogP contribution in [0.15, 0.2) is 47.2 Å². The number of hydrogen-bond donors (Lipinski definition) is 0. The normalized spacial score (nSPS) is 17.4. The van der Waals surface area contributed by atoms with Crippen molar-refractivity contribution in [3.63, 3.8) is 0 Å². The maximum absolute atomic E-state index is 5.69. The third-order valence-corrected chi connectivity index (χ3v) is 2.26. The van der Waals surface area contributed by atoms with E-state index in [1.165, 1.54) is 0 Å². The molecular weight excluding hydrogens is 174 g/mol. The zero-order valence-electron chi connectivity index (χ0n) is 7.53. The fourth-order valence-corrected chi connectivity index (χ4v) is 1.57. The Bertz CT molecular complexity index is 469. The van der Waals surface area contributed by atoms with E-state index >= 15 is 0 Å². The summed E-state index contributed by atoms with van der Waals surface area (Å²) >= 11 is 0. The van der Waals surface area contributed by atoms with E-state index < -0.39 is 0 Å². The van der Waals surface area contributed by atoms with E-state index in [4.69, 9.17) is 4.74 Å². The highest BCUT2D eigenvalue weighted by Gasteiger charge is 2.18. The SMILES string of the molecule is [c]1ccc2c(c1)N=C1CC=CC=C1O2. The Morgan fingerprint density at radius 3 is 3.43 bits per heavy atom. The van der Waals surface area contributed by atoms with E-state index in [1.807, 2.05) is 30.4 Å². The van der Waals surface area contributed by atoms with Crippen LogP contribution in [0.3, 0.4) is 0 Å². The number of benzene rings is 1. The first-order valence-corrected chi connectivity index (χ1v) is 4.56. The first kappa shape index (κ1) is 7.56. The number of ether oxygens (including phenoxy) is 1. The Kier molecular flexibility index (Phi) is 1.53. The molecule has 67 valence electrons. The standard InChI is InChI=1S/C12H8NO/c1-3-7-11-9(5-1)13-10-6-2-4-8-12(10)14-11/h1,3-4,6-8H,5H2. The highest BCUT2D eigenvalue weighted by atomic mass is 16.5. The molecule has 1 heterocycles. The molecule has 0 spiro atoms. The number of hydrogen-bond acceptors (Lipinski definition) is 2. The number of nitrogens with zero attached hydrogens (tertiary/aromatic N) is 1. The minimum atomic E-state index is 0.814. The summed E-state index contributed by atoms with van der Waals surface area (Å²) in [6.07, 6.45) is 6.86. The van der Waals surface area contributed by atoms with Crippen LogP contribution < -0.4 is 4.74 Å². The summed E-state index contributed by atoms with van der Waals surface area (Å²) in [5.74, 6) is 1.68. The van der Waals surface area contributed by atoms with Crippen LogP contribution in [0, 0.1) is 6.07 Å². The number of aliphatic imine (C=N–C) groups is 1. The maximum atomic E-state index is 5.69. The summed E-state index contributed by atoms with van der Waals surface area (Å²) in [6.45, 7) is 0. The van der Waals surface area contributed by atoms with Crippen molar-refractivity contribution in [2.45, 2.75) is 6.42 Å². The van der Waals surface area contributed by atoms with Crippen molar-refractivity contribution in [3.05, 3.63) is 48.3 Å². The molecule has 2 nitrogen and oxygen atoms in total. The van der Waals surface area contributed by atoms with Crippen molar-refractivity contribution < 1.29 is 4.74 Å². The van der Waals surface area contributed by atoms with Crippen LogP contribution in [0.5, 0.6) is 5.75 Å².